The summed E-state index contributed by atoms with van der Waals surface area (Å²) in [5.41, 5.74) is 8.68. The van der Waals surface area contributed by atoms with Crippen molar-refractivity contribution < 1.29 is 4.79 Å². The summed E-state index contributed by atoms with van der Waals surface area (Å²) in [7, 11) is 1.83. The minimum Gasteiger partial charge on any atom is -0.398 e. The molecule has 0 radical (unpaired) electrons. The number of carbonyl (C=O) groups is 1. The number of aromatic nitrogens is 3. The summed E-state index contributed by atoms with van der Waals surface area (Å²) in [4.78, 5) is 16.4. The molecule has 0 fully saturated rings. The summed E-state index contributed by atoms with van der Waals surface area (Å²) in [5.74, 6) is 0.0480. The molecule has 0 spiro atoms. The van der Waals surface area contributed by atoms with Gasteiger partial charge >= 0.3 is 0 Å². The highest BCUT2D eigenvalue weighted by Gasteiger charge is 2.17. The first-order valence-electron chi connectivity index (χ1n) is 5.87. The molecule has 1 aliphatic rings. The number of hydrogen-bond acceptors (Lipinski definition) is 5. The van der Waals surface area contributed by atoms with E-state index in [1.165, 1.54) is 18.1 Å². The minimum absolute atomic E-state index is 0.0480. The van der Waals surface area contributed by atoms with Crippen molar-refractivity contribution >= 4 is 29.0 Å². The van der Waals surface area contributed by atoms with Crippen LogP contribution in [0, 0.1) is 0 Å². The van der Waals surface area contributed by atoms with E-state index in [9.17, 15) is 4.79 Å². The molecule has 6 nitrogen and oxygen atoms in total. The van der Waals surface area contributed by atoms with Gasteiger partial charge in [-0.05, 0) is 35.9 Å². The van der Waals surface area contributed by atoms with E-state index in [0.29, 0.717) is 12.1 Å². The van der Waals surface area contributed by atoms with Gasteiger partial charge in [0.15, 0.2) is 5.16 Å². The molecule has 0 saturated carbocycles. The van der Waals surface area contributed by atoms with Gasteiger partial charge in [-0.15, -0.1) is 0 Å². The second kappa shape index (κ2) is 4.58. The molecule has 1 aromatic heterocycles. The van der Waals surface area contributed by atoms with Crippen LogP contribution in [0.5, 0.6) is 0 Å². The molecule has 0 saturated heterocycles. The van der Waals surface area contributed by atoms with Gasteiger partial charge in [-0.1, -0.05) is 0 Å². The van der Waals surface area contributed by atoms with Gasteiger partial charge in [0.05, 0.1) is 0 Å². The lowest BCUT2D eigenvalue weighted by molar-refractivity contribution is -0.116. The Bertz CT molecular complexity index is 652. The number of rotatable bonds is 2. The van der Waals surface area contributed by atoms with Crippen molar-refractivity contribution in [3.8, 4) is 0 Å². The van der Waals surface area contributed by atoms with Crippen LogP contribution in [-0.4, -0.2) is 20.7 Å². The Balaban J connectivity index is 1.96. The molecule has 1 aromatic carbocycles. The maximum atomic E-state index is 11.4. The van der Waals surface area contributed by atoms with Gasteiger partial charge in [-0.3, -0.25) is 4.79 Å². The first kappa shape index (κ1) is 12.0. The average Bonchev–Trinajstić information content (AvgIpc) is 2.77. The van der Waals surface area contributed by atoms with Crippen LogP contribution >= 0.6 is 11.8 Å². The zero-order valence-electron chi connectivity index (χ0n) is 10.4. The molecule has 3 rings (SSSR count). The number of aryl methyl sites for hydroxylation is 2. The topological polar surface area (TPSA) is 85.8 Å². The molecule has 98 valence electrons. The monoisotopic (exact) mass is 275 g/mol. The van der Waals surface area contributed by atoms with Gasteiger partial charge in [0.1, 0.15) is 6.33 Å². The van der Waals surface area contributed by atoms with Crippen LogP contribution in [0.2, 0.25) is 0 Å². The molecule has 1 aliphatic heterocycles. The molecule has 2 heterocycles. The molecular formula is C12H13N5OS. The number of benzene rings is 1. The van der Waals surface area contributed by atoms with E-state index in [0.717, 1.165) is 27.7 Å². The average molecular weight is 275 g/mol. The smallest absolute Gasteiger partial charge is 0.224 e. The fourth-order valence-electron chi connectivity index (χ4n) is 1.99. The number of amides is 1. The minimum atomic E-state index is 0.0480. The van der Waals surface area contributed by atoms with Crippen molar-refractivity contribution in [2.75, 3.05) is 11.1 Å². The Kier molecular flexibility index (Phi) is 2.90. The lowest BCUT2D eigenvalue weighted by Gasteiger charge is -2.18. The molecule has 2 aromatic rings. The van der Waals surface area contributed by atoms with Crippen LogP contribution in [0.3, 0.4) is 0 Å². The van der Waals surface area contributed by atoms with Crippen molar-refractivity contribution in [2.45, 2.75) is 22.9 Å². The molecule has 19 heavy (non-hydrogen) atoms. The Morgan fingerprint density at radius 3 is 3.00 bits per heavy atom. The van der Waals surface area contributed by atoms with Crippen molar-refractivity contribution in [1.82, 2.24) is 14.8 Å². The third kappa shape index (κ3) is 2.28. The molecule has 0 atom stereocenters. The van der Waals surface area contributed by atoms with E-state index >= 15 is 0 Å². The number of nitrogens with zero attached hydrogens (tertiary/aromatic N) is 3. The molecular weight excluding hydrogens is 262 g/mol. The standard InChI is InChI=1S/C12H13N5OS/c1-17-12(14-6-15-17)19-10-5-9-7(4-8(10)13)2-3-11(18)16-9/h4-6H,2-3,13H2,1H3,(H,16,18). The van der Waals surface area contributed by atoms with Crippen LogP contribution in [0.1, 0.15) is 12.0 Å². The number of nitrogens with one attached hydrogen (secondary N) is 1. The number of nitrogens with two attached hydrogens (primary N) is 1. The largest absolute Gasteiger partial charge is 0.398 e. The normalized spacial score (nSPS) is 14.1. The molecule has 0 unspecified atom stereocenters. The van der Waals surface area contributed by atoms with Crippen molar-refractivity contribution in [3.05, 3.63) is 24.0 Å². The third-order valence-electron chi connectivity index (χ3n) is 3.00. The number of anilines is 2. The van der Waals surface area contributed by atoms with Gasteiger partial charge in [0, 0.05) is 29.7 Å². The molecule has 0 bridgehead atoms. The Hall–Kier alpha value is -2.02. The number of carbonyl (C=O) groups excluding carboxylic acids is 1. The van der Waals surface area contributed by atoms with Crippen LogP contribution in [-0.2, 0) is 18.3 Å². The summed E-state index contributed by atoms with van der Waals surface area (Å²) in [6, 6.07) is 3.83. The number of hydrogen-bond donors (Lipinski definition) is 2. The van der Waals surface area contributed by atoms with Crippen LogP contribution in [0.4, 0.5) is 11.4 Å². The van der Waals surface area contributed by atoms with Crippen molar-refractivity contribution in [1.29, 1.82) is 0 Å². The first-order chi connectivity index (χ1) is 9.13. The van der Waals surface area contributed by atoms with Crippen molar-refractivity contribution in [2.24, 2.45) is 7.05 Å². The Labute approximate surface area is 114 Å². The summed E-state index contributed by atoms with van der Waals surface area (Å²) < 4.78 is 1.68. The van der Waals surface area contributed by atoms with E-state index in [2.05, 4.69) is 15.4 Å². The Morgan fingerprint density at radius 1 is 1.42 bits per heavy atom. The lowest BCUT2D eigenvalue weighted by atomic mass is 10.0. The van der Waals surface area contributed by atoms with E-state index in [1.54, 1.807) is 4.68 Å². The SMILES string of the molecule is Cn1ncnc1Sc1cc2c(cc1N)CCC(=O)N2. The molecule has 0 aliphatic carbocycles. The summed E-state index contributed by atoms with van der Waals surface area (Å²) in [6.07, 6.45) is 2.75. The van der Waals surface area contributed by atoms with Gasteiger partial charge in [0.25, 0.3) is 0 Å². The molecule has 3 N–H and O–H groups in total. The van der Waals surface area contributed by atoms with Gasteiger partial charge in [-0.25, -0.2) is 9.67 Å². The lowest BCUT2D eigenvalue weighted by Crippen LogP contribution is -2.19. The summed E-state index contributed by atoms with van der Waals surface area (Å²) >= 11 is 1.43. The predicted octanol–water partition coefficient (Wildman–Crippen LogP) is 1.43. The van der Waals surface area contributed by atoms with E-state index in [1.807, 2.05) is 19.2 Å². The maximum Gasteiger partial charge on any atom is 0.224 e. The summed E-state index contributed by atoms with van der Waals surface area (Å²) in [6.45, 7) is 0. The Morgan fingerprint density at radius 2 is 2.26 bits per heavy atom. The number of fused-ring (bicyclic) bond motifs is 1. The fraction of sp³-hybridized carbons (Fsp3) is 0.250. The second-order valence-electron chi connectivity index (χ2n) is 4.36. The van der Waals surface area contributed by atoms with Gasteiger partial charge in [0.2, 0.25) is 5.91 Å². The quantitative estimate of drug-likeness (QED) is 0.810. The van der Waals surface area contributed by atoms with E-state index in [-0.39, 0.29) is 5.91 Å². The van der Waals surface area contributed by atoms with Crippen LogP contribution in [0.25, 0.3) is 0 Å². The zero-order valence-corrected chi connectivity index (χ0v) is 11.2. The highest BCUT2D eigenvalue weighted by atomic mass is 32.2. The van der Waals surface area contributed by atoms with E-state index in [4.69, 9.17) is 5.73 Å². The fourth-order valence-corrected chi connectivity index (χ4v) is 2.82. The number of nitrogen functional groups attached to an aromatic ring is 1. The van der Waals surface area contributed by atoms with Crippen LogP contribution in [0.15, 0.2) is 28.5 Å². The molecule has 7 heteroatoms. The third-order valence-corrected chi connectivity index (χ3v) is 4.13. The first-order valence-corrected chi connectivity index (χ1v) is 6.69. The van der Waals surface area contributed by atoms with Gasteiger partial charge in [-0.2, -0.15) is 5.10 Å². The molecule has 1 amide bonds. The highest BCUT2D eigenvalue weighted by Crippen LogP contribution is 2.36. The predicted molar refractivity (Wildman–Crippen MR) is 72.9 cm³/mol. The summed E-state index contributed by atoms with van der Waals surface area (Å²) in [5, 5.41) is 7.65. The zero-order chi connectivity index (χ0) is 13.4. The van der Waals surface area contributed by atoms with Gasteiger partial charge < -0.3 is 11.1 Å². The van der Waals surface area contributed by atoms with E-state index < -0.39 is 0 Å². The van der Waals surface area contributed by atoms with Crippen molar-refractivity contribution in [3.63, 3.8) is 0 Å². The second-order valence-corrected chi connectivity index (χ2v) is 5.37. The van der Waals surface area contributed by atoms with Crippen LogP contribution < -0.4 is 11.1 Å². The highest BCUT2D eigenvalue weighted by molar-refractivity contribution is 7.99. The maximum absolute atomic E-state index is 11.4.